The first kappa shape index (κ1) is 13.0. The SMILES string of the molecule is CC(C)c1ccc(NC(=O)CC#N)c(I)c1. The Morgan fingerprint density at radius 3 is 2.75 bits per heavy atom. The van der Waals surface area contributed by atoms with Crippen molar-refractivity contribution in [2.45, 2.75) is 26.2 Å². The Morgan fingerprint density at radius 1 is 1.56 bits per heavy atom. The van der Waals surface area contributed by atoms with Crippen molar-refractivity contribution in [1.82, 2.24) is 0 Å². The molecule has 1 amide bonds. The van der Waals surface area contributed by atoms with Crippen LogP contribution in [0.25, 0.3) is 0 Å². The van der Waals surface area contributed by atoms with Gasteiger partial charge in [0, 0.05) is 3.57 Å². The molecule has 1 aromatic rings. The first-order chi connectivity index (χ1) is 7.54. The average molecular weight is 328 g/mol. The molecule has 1 N–H and O–H groups in total. The van der Waals surface area contributed by atoms with Crippen LogP contribution >= 0.6 is 22.6 Å². The molecule has 0 aromatic heterocycles. The van der Waals surface area contributed by atoms with Crippen molar-refractivity contribution < 1.29 is 4.79 Å². The third-order valence-electron chi connectivity index (χ3n) is 2.17. The maximum absolute atomic E-state index is 11.2. The van der Waals surface area contributed by atoms with E-state index < -0.39 is 0 Å². The van der Waals surface area contributed by atoms with Gasteiger partial charge in [0.25, 0.3) is 0 Å². The highest BCUT2D eigenvalue weighted by atomic mass is 127. The molecule has 0 unspecified atom stereocenters. The van der Waals surface area contributed by atoms with Crippen molar-refractivity contribution in [3.63, 3.8) is 0 Å². The molecule has 0 heterocycles. The van der Waals surface area contributed by atoms with Gasteiger partial charge in [-0.15, -0.1) is 0 Å². The van der Waals surface area contributed by atoms with E-state index in [2.05, 4.69) is 41.8 Å². The quantitative estimate of drug-likeness (QED) is 0.866. The summed E-state index contributed by atoms with van der Waals surface area (Å²) < 4.78 is 0.995. The Balaban J connectivity index is 2.84. The molecule has 1 rings (SSSR count). The fraction of sp³-hybridized carbons (Fsp3) is 0.333. The maximum Gasteiger partial charge on any atom is 0.238 e. The van der Waals surface area contributed by atoms with E-state index in [-0.39, 0.29) is 12.3 Å². The van der Waals surface area contributed by atoms with E-state index in [1.54, 1.807) is 0 Å². The lowest BCUT2D eigenvalue weighted by Crippen LogP contribution is -2.11. The van der Waals surface area contributed by atoms with Gasteiger partial charge in [0.1, 0.15) is 6.42 Å². The van der Waals surface area contributed by atoms with Crippen molar-refractivity contribution in [3.8, 4) is 6.07 Å². The van der Waals surface area contributed by atoms with Crippen molar-refractivity contribution in [2.24, 2.45) is 0 Å². The molecule has 0 bridgehead atoms. The van der Waals surface area contributed by atoms with E-state index in [4.69, 9.17) is 5.26 Å². The molecule has 0 atom stereocenters. The zero-order valence-corrected chi connectivity index (χ0v) is 11.4. The van der Waals surface area contributed by atoms with Crippen molar-refractivity contribution in [2.75, 3.05) is 5.32 Å². The number of hydrogen-bond donors (Lipinski definition) is 1. The van der Waals surface area contributed by atoms with Gasteiger partial charge in [-0.05, 0) is 46.2 Å². The zero-order chi connectivity index (χ0) is 12.1. The van der Waals surface area contributed by atoms with Crippen molar-refractivity contribution >= 4 is 34.2 Å². The minimum atomic E-state index is -0.266. The first-order valence-electron chi connectivity index (χ1n) is 5.01. The number of halogens is 1. The number of hydrogen-bond acceptors (Lipinski definition) is 2. The fourth-order valence-corrected chi connectivity index (χ4v) is 1.93. The van der Waals surface area contributed by atoms with E-state index in [1.807, 2.05) is 24.3 Å². The lowest BCUT2D eigenvalue weighted by Gasteiger charge is -2.10. The minimum absolute atomic E-state index is 0.109. The maximum atomic E-state index is 11.2. The van der Waals surface area contributed by atoms with Crippen LogP contribution < -0.4 is 5.32 Å². The van der Waals surface area contributed by atoms with E-state index >= 15 is 0 Å². The molecule has 0 fully saturated rings. The molecule has 0 saturated carbocycles. The summed E-state index contributed by atoms with van der Waals surface area (Å²) in [5, 5.41) is 11.1. The van der Waals surface area contributed by atoms with Crippen LogP contribution in [0.5, 0.6) is 0 Å². The molecule has 4 heteroatoms. The van der Waals surface area contributed by atoms with Gasteiger partial charge in [-0.25, -0.2) is 0 Å². The molecule has 16 heavy (non-hydrogen) atoms. The minimum Gasteiger partial charge on any atom is -0.324 e. The van der Waals surface area contributed by atoms with Gasteiger partial charge in [0.15, 0.2) is 0 Å². The predicted molar refractivity (Wildman–Crippen MR) is 72.1 cm³/mol. The molecule has 0 aliphatic heterocycles. The van der Waals surface area contributed by atoms with Crippen LogP contribution in [-0.4, -0.2) is 5.91 Å². The topological polar surface area (TPSA) is 52.9 Å². The second kappa shape index (κ2) is 5.85. The lowest BCUT2D eigenvalue weighted by molar-refractivity contribution is -0.115. The van der Waals surface area contributed by atoms with E-state index in [0.717, 1.165) is 9.26 Å². The van der Waals surface area contributed by atoms with Crippen LogP contribution in [-0.2, 0) is 4.79 Å². The Bertz CT molecular complexity index is 435. The van der Waals surface area contributed by atoms with Crippen LogP contribution in [0.1, 0.15) is 31.7 Å². The van der Waals surface area contributed by atoms with E-state index in [9.17, 15) is 4.79 Å². The molecular formula is C12H13IN2O. The second-order valence-corrected chi connectivity index (χ2v) is 4.94. The second-order valence-electron chi connectivity index (χ2n) is 3.78. The zero-order valence-electron chi connectivity index (χ0n) is 9.25. The summed E-state index contributed by atoms with van der Waals surface area (Å²) in [6, 6.07) is 7.75. The molecule has 3 nitrogen and oxygen atoms in total. The summed E-state index contributed by atoms with van der Waals surface area (Å²) >= 11 is 2.18. The van der Waals surface area contributed by atoms with Crippen LogP contribution in [0.15, 0.2) is 18.2 Å². The molecule has 84 valence electrons. The van der Waals surface area contributed by atoms with Gasteiger partial charge in [-0.3, -0.25) is 4.79 Å². The third kappa shape index (κ3) is 3.49. The molecule has 0 saturated heterocycles. The summed E-state index contributed by atoms with van der Waals surface area (Å²) in [4.78, 5) is 11.2. The normalized spacial score (nSPS) is 9.94. The number of carbonyl (C=O) groups excluding carboxylic acids is 1. The molecule has 0 radical (unpaired) electrons. The predicted octanol–water partition coefficient (Wildman–Crippen LogP) is 3.27. The van der Waals surface area contributed by atoms with Crippen LogP contribution in [0.2, 0.25) is 0 Å². The highest BCUT2D eigenvalue weighted by Gasteiger charge is 2.07. The molecular weight excluding hydrogens is 315 g/mol. The van der Waals surface area contributed by atoms with Gasteiger partial charge >= 0.3 is 0 Å². The van der Waals surface area contributed by atoms with Gasteiger partial charge < -0.3 is 5.32 Å². The summed E-state index contributed by atoms with van der Waals surface area (Å²) in [6.45, 7) is 4.25. The largest absolute Gasteiger partial charge is 0.324 e. The number of benzene rings is 1. The average Bonchev–Trinajstić information content (AvgIpc) is 2.21. The van der Waals surface area contributed by atoms with Gasteiger partial charge in [-0.2, -0.15) is 5.26 Å². The number of nitriles is 1. The molecule has 0 aliphatic rings. The van der Waals surface area contributed by atoms with Crippen molar-refractivity contribution in [1.29, 1.82) is 5.26 Å². The van der Waals surface area contributed by atoms with Crippen LogP contribution in [0, 0.1) is 14.9 Å². The van der Waals surface area contributed by atoms with Gasteiger partial charge in [-0.1, -0.05) is 19.9 Å². The molecule has 1 aromatic carbocycles. The fourth-order valence-electron chi connectivity index (χ4n) is 1.26. The third-order valence-corrected chi connectivity index (χ3v) is 3.07. The van der Waals surface area contributed by atoms with Gasteiger partial charge in [0.05, 0.1) is 11.8 Å². The summed E-state index contributed by atoms with van der Waals surface area (Å²) in [5.41, 5.74) is 2.01. The number of nitrogens with zero attached hydrogens (tertiary/aromatic N) is 1. The summed E-state index contributed by atoms with van der Waals surface area (Å²) in [7, 11) is 0. The lowest BCUT2D eigenvalue weighted by atomic mass is 10.0. The number of carbonyl (C=O) groups is 1. The monoisotopic (exact) mass is 328 g/mol. The Kier molecular flexibility index (Phi) is 4.74. The number of anilines is 1. The van der Waals surface area contributed by atoms with Gasteiger partial charge in [0.2, 0.25) is 5.91 Å². The Morgan fingerprint density at radius 2 is 2.25 bits per heavy atom. The number of rotatable bonds is 3. The Hall–Kier alpha value is -1.09. The summed E-state index contributed by atoms with van der Waals surface area (Å²) in [5.74, 6) is 0.204. The number of amides is 1. The standard InChI is InChI=1S/C12H13IN2O/c1-8(2)9-3-4-11(10(13)7-9)15-12(16)5-6-14/h3-4,7-8H,5H2,1-2H3,(H,15,16). The Labute approximate surface area is 109 Å². The number of nitrogens with one attached hydrogen (secondary N) is 1. The molecule has 0 aliphatic carbocycles. The highest BCUT2D eigenvalue weighted by molar-refractivity contribution is 14.1. The van der Waals surface area contributed by atoms with E-state index in [1.165, 1.54) is 5.56 Å². The van der Waals surface area contributed by atoms with Crippen molar-refractivity contribution in [3.05, 3.63) is 27.3 Å². The van der Waals surface area contributed by atoms with E-state index in [0.29, 0.717) is 5.92 Å². The molecule has 0 spiro atoms. The first-order valence-corrected chi connectivity index (χ1v) is 6.08. The van der Waals surface area contributed by atoms with Crippen LogP contribution in [0.4, 0.5) is 5.69 Å². The smallest absolute Gasteiger partial charge is 0.238 e. The highest BCUT2D eigenvalue weighted by Crippen LogP contribution is 2.23. The van der Waals surface area contributed by atoms with Crippen LogP contribution in [0.3, 0.4) is 0 Å². The summed E-state index contributed by atoms with van der Waals surface area (Å²) in [6.07, 6.45) is -0.109.